The molecule has 172 valence electrons. The third kappa shape index (κ3) is 6.64. The van der Waals surface area contributed by atoms with E-state index in [0.29, 0.717) is 18.6 Å². The summed E-state index contributed by atoms with van der Waals surface area (Å²) in [6.45, 7) is 9.50. The molecule has 0 fully saturated rings. The largest absolute Gasteiger partial charge is 0.494 e. The van der Waals surface area contributed by atoms with Gasteiger partial charge in [0.25, 0.3) is 0 Å². The predicted octanol–water partition coefficient (Wildman–Crippen LogP) is 5.96. The first-order chi connectivity index (χ1) is 15.5. The Morgan fingerprint density at radius 2 is 1.75 bits per heavy atom. The van der Waals surface area contributed by atoms with Gasteiger partial charge in [0.05, 0.1) is 18.9 Å². The van der Waals surface area contributed by atoms with E-state index in [4.69, 9.17) is 9.47 Å². The second-order valence-corrected chi connectivity index (χ2v) is 7.88. The van der Waals surface area contributed by atoms with Crippen molar-refractivity contribution < 1.29 is 14.3 Å². The number of ether oxygens (including phenoxy) is 2. The van der Waals surface area contributed by atoms with Crippen molar-refractivity contribution in [1.82, 2.24) is 0 Å². The van der Waals surface area contributed by atoms with Crippen LogP contribution in [0, 0.1) is 6.92 Å². The van der Waals surface area contributed by atoms with Crippen LogP contribution in [0.2, 0.25) is 0 Å². The molecule has 0 saturated heterocycles. The number of carbonyl (C=O) groups excluding carboxylic acids is 1. The van der Waals surface area contributed by atoms with Gasteiger partial charge >= 0.3 is 0 Å². The Balaban J connectivity index is 2.23. The van der Waals surface area contributed by atoms with Gasteiger partial charge in [-0.1, -0.05) is 39.0 Å². The normalized spacial score (nSPS) is 11.9. The van der Waals surface area contributed by atoms with E-state index in [-0.39, 0.29) is 5.78 Å². The van der Waals surface area contributed by atoms with Crippen LogP contribution in [0.5, 0.6) is 5.75 Å². The lowest BCUT2D eigenvalue weighted by atomic mass is 9.92. The van der Waals surface area contributed by atoms with Crippen LogP contribution in [-0.4, -0.2) is 38.9 Å². The maximum atomic E-state index is 13.0. The van der Waals surface area contributed by atoms with Crippen LogP contribution < -0.4 is 4.74 Å². The van der Waals surface area contributed by atoms with Crippen molar-refractivity contribution in [2.24, 2.45) is 4.99 Å². The van der Waals surface area contributed by atoms with Crippen LogP contribution in [0.4, 0.5) is 0 Å². The third-order valence-corrected chi connectivity index (χ3v) is 5.60. The topological polar surface area (TPSA) is 47.9 Å². The Morgan fingerprint density at radius 3 is 2.38 bits per heavy atom. The van der Waals surface area contributed by atoms with Crippen LogP contribution in [0.3, 0.4) is 0 Å². The van der Waals surface area contributed by atoms with Crippen LogP contribution in [-0.2, 0) is 24.0 Å². The van der Waals surface area contributed by atoms with Crippen molar-refractivity contribution in [3.8, 4) is 5.75 Å². The number of aliphatic imine (C=N–C) groups is 1. The fourth-order valence-electron chi connectivity index (χ4n) is 3.82. The zero-order valence-electron chi connectivity index (χ0n) is 20.5. The average molecular weight is 436 g/mol. The van der Waals surface area contributed by atoms with Gasteiger partial charge < -0.3 is 9.47 Å². The quantitative estimate of drug-likeness (QED) is 0.235. The van der Waals surface area contributed by atoms with Crippen molar-refractivity contribution >= 4 is 11.5 Å². The number of allylic oxidation sites excluding steroid dienone is 2. The summed E-state index contributed by atoms with van der Waals surface area (Å²) in [6.07, 6.45) is 7.16. The monoisotopic (exact) mass is 435 g/mol. The number of methoxy groups -OCH3 is 1. The van der Waals surface area contributed by atoms with Gasteiger partial charge in [0, 0.05) is 25.3 Å². The molecular formula is C28H37NO3. The summed E-state index contributed by atoms with van der Waals surface area (Å²) in [5.74, 6) is 0.927. The zero-order chi connectivity index (χ0) is 23.5. The molecule has 0 spiro atoms. The molecular weight excluding hydrogens is 398 g/mol. The Bertz CT molecular complexity index is 973. The molecule has 0 radical (unpaired) electrons. The van der Waals surface area contributed by atoms with E-state index < -0.39 is 0 Å². The van der Waals surface area contributed by atoms with Crippen LogP contribution in [0.25, 0.3) is 0 Å². The summed E-state index contributed by atoms with van der Waals surface area (Å²) in [5, 5.41) is 0. The molecule has 0 unspecified atom stereocenters. The molecule has 0 atom stereocenters. The first kappa shape index (κ1) is 25.5. The first-order valence-electron chi connectivity index (χ1n) is 11.5. The average Bonchev–Trinajstić information content (AvgIpc) is 2.81. The number of aryl methyl sites for hydroxylation is 3. The summed E-state index contributed by atoms with van der Waals surface area (Å²) in [4.78, 5) is 17.4. The van der Waals surface area contributed by atoms with Gasteiger partial charge in [-0.15, -0.1) is 0 Å². The van der Waals surface area contributed by atoms with Crippen LogP contribution >= 0.6 is 0 Å². The van der Waals surface area contributed by atoms with Crippen molar-refractivity contribution in [1.29, 1.82) is 0 Å². The SMILES string of the molecule is CCCOc1ccc(C/C=C\C(=O)c2cc(C(COC)=NC)c(CC)cc2C)c(CC)c1. The van der Waals surface area contributed by atoms with Gasteiger partial charge in [-0.25, -0.2) is 0 Å². The Kier molecular flexibility index (Phi) is 10.4. The molecule has 4 nitrogen and oxygen atoms in total. The predicted molar refractivity (Wildman–Crippen MR) is 134 cm³/mol. The number of hydrogen-bond acceptors (Lipinski definition) is 4. The molecule has 4 heteroatoms. The van der Waals surface area contributed by atoms with Gasteiger partial charge in [0.1, 0.15) is 5.75 Å². The molecule has 0 aliphatic heterocycles. The number of carbonyl (C=O) groups is 1. The maximum absolute atomic E-state index is 13.0. The maximum Gasteiger partial charge on any atom is 0.185 e. The second-order valence-electron chi connectivity index (χ2n) is 7.88. The van der Waals surface area contributed by atoms with Gasteiger partial charge in [-0.3, -0.25) is 9.79 Å². The highest BCUT2D eigenvalue weighted by atomic mass is 16.5. The van der Waals surface area contributed by atoms with E-state index in [0.717, 1.165) is 48.5 Å². The first-order valence-corrected chi connectivity index (χ1v) is 11.5. The summed E-state index contributed by atoms with van der Waals surface area (Å²) >= 11 is 0. The molecule has 2 rings (SSSR count). The third-order valence-electron chi connectivity index (χ3n) is 5.60. The highest BCUT2D eigenvalue weighted by Crippen LogP contribution is 2.22. The highest BCUT2D eigenvalue weighted by Gasteiger charge is 2.14. The number of ketones is 1. The molecule has 0 aliphatic rings. The molecule has 0 aliphatic carbocycles. The van der Waals surface area contributed by atoms with Crippen LogP contribution in [0.1, 0.15) is 65.4 Å². The van der Waals surface area contributed by atoms with E-state index in [1.165, 1.54) is 16.7 Å². The number of rotatable bonds is 12. The molecule has 0 amide bonds. The van der Waals surface area contributed by atoms with Gasteiger partial charge in [0.2, 0.25) is 0 Å². The molecule has 2 aromatic rings. The smallest absolute Gasteiger partial charge is 0.185 e. The van der Waals surface area contributed by atoms with E-state index >= 15 is 0 Å². The molecule has 32 heavy (non-hydrogen) atoms. The van der Waals surface area contributed by atoms with Gasteiger partial charge in [0.15, 0.2) is 5.78 Å². The minimum atomic E-state index is 0.0141. The minimum Gasteiger partial charge on any atom is -0.494 e. The van der Waals surface area contributed by atoms with Crippen LogP contribution in [0.15, 0.2) is 47.5 Å². The zero-order valence-corrected chi connectivity index (χ0v) is 20.5. The van der Waals surface area contributed by atoms with E-state index in [2.05, 4.69) is 44.0 Å². The molecule has 2 aromatic carbocycles. The lowest BCUT2D eigenvalue weighted by molar-refractivity contribution is 0.104. The second kappa shape index (κ2) is 13.0. The number of benzene rings is 2. The van der Waals surface area contributed by atoms with Crippen molar-refractivity contribution in [3.63, 3.8) is 0 Å². The lowest BCUT2D eigenvalue weighted by Crippen LogP contribution is -2.14. The molecule has 0 saturated carbocycles. The molecule has 0 aromatic heterocycles. The molecule has 0 bridgehead atoms. The van der Waals surface area contributed by atoms with Gasteiger partial charge in [-0.05, 0) is 79.1 Å². The fourth-order valence-corrected chi connectivity index (χ4v) is 3.82. The Hall–Kier alpha value is -2.72. The molecule has 0 heterocycles. The number of nitrogens with zero attached hydrogens (tertiary/aromatic N) is 1. The van der Waals surface area contributed by atoms with Crippen molar-refractivity contribution in [2.75, 3.05) is 27.4 Å². The van der Waals surface area contributed by atoms with Gasteiger partial charge in [-0.2, -0.15) is 0 Å². The molecule has 0 N–H and O–H groups in total. The summed E-state index contributed by atoms with van der Waals surface area (Å²) in [7, 11) is 3.42. The lowest BCUT2D eigenvalue weighted by Gasteiger charge is -2.14. The summed E-state index contributed by atoms with van der Waals surface area (Å²) < 4.78 is 11.1. The van der Waals surface area contributed by atoms with E-state index in [1.807, 2.05) is 25.1 Å². The summed E-state index contributed by atoms with van der Waals surface area (Å²) in [6, 6.07) is 10.3. The van der Waals surface area contributed by atoms with E-state index in [9.17, 15) is 4.79 Å². The minimum absolute atomic E-state index is 0.0141. The standard InChI is InChI=1S/C28H37NO3/c1-7-15-32-24-14-13-23(21(8-2)17-24)11-10-12-28(30)25-18-26(27(29-5)19-31-6)22(9-3)16-20(25)4/h10,12-14,16-18H,7-9,11,15,19H2,1-6H3/b12-10-,29-27?. The van der Waals surface area contributed by atoms with E-state index in [1.54, 1.807) is 20.2 Å². The Morgan fingerprint density at radius 1 is 1.00 bits per heavy atom. The van der Waals surface area contributed by atoms with Crippen molar-refractivity contribution in [3.05, 3.63) is 75.9 Å². The summed E-state index contributed by atoms with van der Waals surface area (Å²) in [5.41, 5.74) is 7.21. The highest BCUT2D eigenvalue weighted by molar-refractivity contribution is 6.09. The fraction of sp³-hybridized carbons (Fsp3) is 0.429. The number of hydrogen-bond donors (Lipinski definition) is 0. The Labute approximate surface area is 193 Å². The van der Waals surface area contributed by atoms with Crippen molar-refractivity contribution in [2.45, 2.75) is 53.4 Å².